The molecule has 0 spiro atoms. The first kappa shape index (κ1) is 8.56. The number of hydrogen-bond acceptors (Lipinski definition) is 3. The third kappa shape index (κ3) is 1.37. The molecule has 82 valence electrons. The van der Waals surface area contributed by atoms with Crippen LogP contribution < -0.4 is 4.74 Å². The molecule has 4 rings (SSSR count). The topological polar surface area (TPSA) is 39.4 Å². The summed E-state index contributed by atoms with van der Waals surface area (Å²) in [5.41, 5.74) is 2.00. The number of fused-ring (bicyclic) bond motifs is 1. The van der Waals surface area contributed by atoms with Crippen LogP contribution in [0.3, 0.4) is 0 Å². The van der Waals surface area contributed by atoms with E-state index in [0.29, 0.717) is 12.0 Å². The van der Waals surface area contributed by atoms with Crippen LogP contribution in [0.1, 0.15) is 37.3 Å². The molecule has 2 aromatic heterocycles. The Bertz CT molecular complexity index is 540. The van der Waals surface area contributed by atoms with Crippen LogP contribution in [0.4, 0.5) is 0 Å². The molecule has 2 aliphatic carbocycles. The van der Waals surface area contributed by atoms with E-state index in [1.54, 1.807) is 6.20 Å². The van der Waals surface area contributed by atoms with E-state index < -0.39 is 0 Å². The number of nitrogens with zero attached hydrogens (tertiary/aromatic N) is 3. The van der Waals surface area contributed by atoms with Crippen LogP contribution in [-0.2, 0) is 0 Å². The summed E-state index contributed by atoms with van der Waals surface area (Å²) in [6, 6.07) is 2.03. The lowest BCUT2D eigenvalue weighted by Crippen LogP contribution is -2.04. The molecule has 2 aromatic rings. The van der Waals surface area contributed by atoms with Crippen molar-refractivity contribution in [1.82, 2.24) is 14.6 Å². The highest BCUT2D eigenvalue weighted by atomic mass is 16.5. The van der Waals surface area contributed by atoms with Crippen LogP contribution in [0.5, 0.6) is 5.75 Å². The maximum atomic E-state index is 5.92. The van der Waals surface area contributed by atoms with Gasteiger partial charge in [-0.25, -0.2) is 9.50 Å². The second-order valence-corrected chi connectivity index (χ2v) is 4.72. The molecule has 0 aromatic carbocycles. The second kappa shape index (κ2) is 2.97. The van der Waals surface area contributed by atoms with Gasteiger partial charge in [-0.15, -0.1) is 0 Å². The molecule has 0 radical (unpaired) electrons. The monoisotopic (exact) mass is 215 g/mol. The van der Waals surface area contributed by atoms with Crippen molar-refractivity contribution in [2.24, 2.45) is 0 Å². The molecule has 0 saturated heterocycles. The van der Waals surface area contributed by atoms with Crippen LogP contribution in [0, 0.1) is 0 Å². The minimum absolute atomic E-state index is 0.428. The van der Waals surface area contributed by atoms with E-state index >= 15 is 0 Å². The van der Waals surface area contributed by atoms with Crippen LogP contribution in [-0.4, -0.2) is 20.7 Å². The molecule has 0 unspecified atom stereocenters. The van der Waals surface area contributed by atoms with Gasteiger partial charge in [0.15, 0.2) is 5.65 Å². The van der Waals surface area contributed by atoms with Crippen LogP contribution in [0.15, 0.2) is 18.5 Å². The quantitative estimate of drug-likeness (QED) is 0.787. The second-order valence-electron chi connectivity index (χ2n) is 4.72. The van der Waals surface area contributed by atoms with Crippen molar-refractivity contribution in [2.45, 2.75) is 37.7 Å². The largest absolute Gasteiger partial charge is 0.488 e. The molecule has 2 fully saturated rings. The summed E-state index contributed by atoms with van der Waals surface area (Å²) in [7, 11) is 0. The number of imidazole rings is 1. The van der Waals surface area contributed by atoms with Gasteiger partial charge in [0.25, 0.3) is 0 Å². The van der Waals surface area contributed by atoms with Gasteiger partial charge in [0.1, 0.15) is 11.4 Å². The normalized spacial score (nSPS) is 20.2. The van der Waals surface area contributed by atoms with E-state index in [2.05, 4.69) is 10.1 Å². The van der Waals surface area contributed by atoms with E-state index in [-0.39, 0.29) is 0 Å². The van der Waals surface area contributed by atoms with Crippen molar-refractivity contribution >= 4 is 5.65 Å². The standard InChI is InChI=1S/C12H13N3O/c1-2-8(1)12-10(16-9-3-4-9)7-11-13-5-6-15(11)14-12/h5-9H,1-4H2. The molecule has 0 aliphatic heterocycles. The molecule has 0 amide bonds. The Kier molecular flexibility index (Phi) is 1.59. The van der Waals surface area contributed by atoms with Crippen molar-refractivity contribution in [3.63, 3.8) is 0 Å². The van der Waals surface area contributed by atoms with Crippen molar-refractivity contribution in [3.05, 3.63) is 24.2 Å². The summed E-state index contributed by atoms with van der Waals surface area (Å²) in [6.07, 6.45) is 8.95. The molecule has 0 atom stereocenters. The lowest BCUT2D eigenvalue weighted by atomic mass is 10.2. The summed E-state index contributed by atoms with van der Waals surface area (Å²) in [5, 5.41) is 4.61. The number of rotatable bonds is 3. The number of ether oxygens (including phenoxy) is 1. The van der Waals surface area contributed by atoms with E-state index in [1.165, 1.54) is 25.7 Å². The highest BCUT2D eigenvalue weighted by molar-refractivity contribution is 5.46. The highest BCUT2D eigenvalue weighted by Gasteiger charge is 2.32. The third-order valence-electron chi connectivity index (χ3n) is 3.16. The molecule has 4 nitrogen and oxygen atoms in total. The fourth-order valence-corrected chi connectivity index (χ4v) is 1.95. The van der Waals surface area contributed by atoms with Crippen molar-refractivity contribution < 1.29 is 4.74 Å². The fourth-order valence-electron chi connectivity index (χ4n) is 1.95. The van der Waals surface area contributed by atoms with E-state index in [0.717, 1.165) is 17.1 Å². The molecule has 2 heterocycles. The first-order valence-electron chi connectivity index (χ1n) is 5.91. The minimum Gasteiger partial charge on any atom is -0.488 e. The summed E-state index contributed by atoms with van der Waals surface area (Å²) in [6.45, 7) is 0. The van der Waals surface area contributed by atoms with E-state index in [9.17, 15) is 0 Å². The van der Waals surface area contributed by atoms with E-state index in [1.807, 2.05) is 16.8 Å². The zero-order chi connectivity index (χ0) is 10.5. The van der Waals surface area contributed by atoms with Gasteiger partial charge in [0, 0.05) is 24.4 Å². The van der Waals surface area contributed by atoms with Crippen LogP contribution in [0.25, 0.3) is 5.65 Å². The zero-order valence-corrected chi connectivity index (χ0v) is 8.97. The SMILES string of the molecule is c1cn2nc(C3CC3)c(OC3CC3)cc2n1. The molecule has 2 saturated carbocycles. The minimum atomic E-state index is 0.428. The average molecular weight is 215 g/mol. The summed E-state index contributed by atoms with van der Waals surface area (Å²) < 4.78 is 7.76. The summed E-state index contributed by atoms with van der Waals surface area (Å²) >= 11 is 0. The van der Waals surface area contributed by atoms with Gasteiger partial charge in [-0.2, -0.15) is 5.10 Å². The molecule has 2 aliphatic rings. The van der Waals surface area contributed by atoms with Crippen molar-refractivity contribution in [2.75, 3.05) is 0 Å². The molecule has 0 N–H and O–H groups in total. The van der Waals surface area contributed by atoms with Gasteiger partial charge >= 0.3 is 0 Å². The molecule has 16 heavy (non-hydrogen) atoms. The zero-order valence-electron chi connectivity index (χ0n) is 8.97. The summed E-state index contributed by atoms with van der Waals surface area (Å²) in [5.74, 6) is 1.57. The Hall–Kier alpha value is -1.58. The smallest absolute Gasteiger partial charge is 0.157 e. The van der Waals surface area contributed by atoms with Gasteiger partial charge < -0.3 is 4.74 Å². The van der Waals surface area contributed by atoms with Gasteiger partial charge in [-0.05, 0) is 25.7 Å². The molecular weight excluding hydrogens is 202 g/mol. The van der Waals surface area contributed by atoms with Crippen LogP contribution >= 0.6 is 0 Å². The first-order chi connectivity index (χ1) is 7.90. The lowest BCUT2D eigenvalue weighted by Gasteiger charge is -2.09. The highest BCUT2D eigenvalue weighted by Crippen LogP contribution is 2.44. The lowest BCUT2D eigenvalue weighted by molar-refractivity contribution is 0.297. The molecule has 4 heteroatoms. The Morgan fingerprint density at radius 1 is 1.25 bits per heavy atom. The fraction of sp³-hybridized carbons (Fsp3) is 0.500. The predicted octanol–water partition coefficient (Wildman–Crippen LogP) is 2.15. The number of hydrogen-bond donors (Lipinski definition) is 0. The Morgan fingerprint density at radius 2 is 2.12 bits per heavy atom. The maximum absolute atomic E-state index is 5.92. The van der Waals surface area contributed by atoms with Gasteiger partial charge in [-0.1, -0.05) is 0 Å². The van der Waals surface area contributed by atoms with Crippen molar-refractivity contribution in [3.8, 4) is 5.75 Å². The Labute approximate surface area is 93.2 Å². The van der Waals surface area contributed by atoms with Gasteiger partial charge in [-0.3, -0.25) is 0 Å². The van der Waals surface area contributed by atoms with Crippen molar-refractivity contribution in [1.29, 1.82) is 0 Å². The first-order valence-corrected chi connectivity index (χ1v) is 5.91. The third-order valence-corrected chi connectivity index (χ3v) is 3.16. The number of aromatic nitrogens is 3. The Balaban J connectivity index is 1.83. The van der Waals surface area contributed by atoms with Gasteiger partial charge in [0.05, 0.1) is 6.10 Å². The summed E-state index contributed by atoms with van der Waals surface area (Å²) in [4.78, 5) is 4.25. The molecule has 0 bridgehead atoms. The van der Waals surface area contributed by atoms with Crippen LogP contribution in [0.2, 0.25) is 0 Å². The van der Waals surface area contributed by atoms with Gasteiger partial charge in [0.2, 0.25) is 0 Å². The average Bonchev–Trinajstić information content (AvgIpc) is 3.18. The maximum Gasteiger partial charge on any atom is 0.157 e. The molecular formula is C12H13N3O. The van der Waals surface area contributed by atoms with E-state index in [4.69, 9.17) is 4.74 Å². The Morgan fingerprint density at radius 3 is 2.88 bits per heavy atom. The predicted molar refractivity (Wildman–Crippen MR) is 58.6 cm³/mol.